The lowest BCUT2D eigenvalue weighted by molar-refractivity contribution is 0.0392. The summed E-state index contributed by atoms with van der Waals surface area (Å²) in [5, 5.41) is 8.81. The first-order valence-electron chi connectivity index (χ1n) is 6.29. The second-order valence-corrected chi connectivity index (χ2v) is 6.71. The molecule has 110 valence electrons. The number of benzene rings is 1. The van der Waals surface area contributed by atoms with E-state index < -0.39 is 16.0 Å². The van der Waals surface area contributed by atoms with Crippen molar-refractivity contribution in [2.75, 3.05) is 19.8 Å². The Bertz CT molecular complexity index is 581. The number of aromatic carboxylic acids is 1. The molecule has 0 unspecified atom stereocenters. The van der Waals surface area contributed by atoms with Crippen molar-refractivity contribution < 1.29 is 23.1 Å². The molecule has 1 N–H and O–H groups in total. The first-order valence-corrected chi connectivity index (χ1v) is 7.90. The van der Waals surface area contributed by atoms with E-state index in [1.54, 1.807) is 0 Å². The van der Waals surface area contributed by atoms with Gasteiger partial charge in [0, 0.05) is 12.6 Å². The number of hydrogen-bond acceptors (Lipinski definition) is 4. The van der Waals surface area contributed by atoms with Crippen LogP contribution in [0.5, 0.6) is 0 Å². The van der Waals surface area contributed by atoms with E-state index in [0.717, 1.165) is 0 Å². The molecular weight excluding hydrogens is 282 g/mol. The summed E-state index contributed by atoms with van der Waals surface area (Å²) in [5.74, 6) is -1.15. The summed E-state index contributed by atoms with van der Waals surface area (Å²) in [6, 6.07) is 5.72. The predicted octanol–water partition coefficient (Wildman–Crippen LogP) is 0.935. The molecular formula is C13H17NO5S. The average molecular weight is 299 g/mol. The van der Waals surface area contributed by atoms with Crippen LogP contribution in [-0.4, -0.2) is 49.6 Å². The summed E-state index contributed by atoms with van der Waals surface area (Å²) in [4.78, 5) is 10.7. The number of carbonyl (C=O) groups is 1. The third-order valence-corrected chi connectivity index (χ3v) is 5.17. The molecule has 1 aliphatic rings. The van der Waals surface area contributed by atoms with E-state index in [1.165, 1.54) is 28.6 Å². The van der Waals surface area contributed by atoms with E-state index in [9.17, 15) is 13.2 Å². The zero-order chi connectivity index (χ0) is 14.8. The molecule has 1 aromatic carbocycles. The van der Waals surface area contributed by atoms with E-state index in [-0.39, 0.29) is 17.4 Å². The lowest BCUT2D eigenvalue weighted by atomic mass is 10.1. The van der Waals surface area contributed by atoms with Gasteiger partial charge in [0.1, 0.15) is 0 Å². The van der Waals surface area contributed by atoms with E-state index in [4.69, 9.17) is 9.84 Å². The molecule has 0 aromatic heterocycles. The molecule has 2 rings (SSSR count). The maximum atomic E-state index is 12.3. The number of ether oxygens (including phenoxy) is 1. The predicted molar refractivity (Wildman–Crippen MR) is 73.0 cm³/mol. The van der Waals surface area contributed by atoms with Crippen LogP contribution in [0.4, 0.5) is 0 Å². The van der Waals surface area contributed by atoms with Crippen LogP contribution >= 0.6 is 0 Å². The van der Waals surface area contributed by atoms with Crippen LogP contribution < -0.4 is 0 Å². The fourth-order valence-electron chi connectivity index (χ4n) is 2.16. The minimum absolute atomic E-state index is 0.128. The van der Waals surface area contributed by atoms with Crippen LogP contribution in [0, 0.1) is 0 Å². The van der Waals surface area contributed by atoms with Gasteiger partial charge >= 0.3 is 5.97 Å². The zero-order valence-corrected chi connectivity index (χ0v) is 12.0. The van der Waals surface area contributed by atoms with Gasteiger partial charge in [0.05, 0.1) is 24.5 Å². The molecule has 0 bridgehead atoms. The van der Waals surface area contributed by atoms with E-state index in [2.05, 4.69) is 0 Å². The Hall–Kier alpha value is -1.44. The molecule has 1 aromatic rings. The molecule has 1 saturated heterocycles. The van der Waals surface area contributed by atoms with Crippen molar-refractivity contribution >= 4 is 16.0 Å². The molecule has 0 amide bonds. The lowest BCUT2D eigenvalue weighted by Crippen LogP contribution is -2.47. The van der Waals surface area contributed by atoms with Crippen LogP contribution in [0.1, 0.15) is 22.8 Å². The highest BCUT2D eigenvalue weighted by Crippen LogP contribution is 2.17. The maximum Gasteiger partial charge on any atom is 0.335 e. The van der Waals surface area contributed by atoms with Crippen LogP contribution in [0.15, 0.2) is 24.3 Å². The number of carboxylic acids is 1. The Morgan fingerprint density at radius 3 is 2.60 bits per heavy atom. The monoisotopic (exact) mass is 299 g/mol. The lowest BCUT2D eigenvalue weighted by Gasteiger charge is -2.32. The number of carboxylic acid groups (broad SMARTS) is 1. The number of rotatable bonds is 4. The molecule has 1 aliphatic heterocycles. The first kappa shape index (κ1) is 15.0. The second-order valence-electron chi connectivity index (χ2n) is 4.79. The largest absolute Gasteiger partial charge is 0.478 e. The SMILES string of the molecule is C[C@@H]1COCCN1S(=O)(=O)Cc1ccc(C(=O)O)cc1. The third-order valence-electron chi connectivity index (χ3n) is 3.21. The van der Waals surface area contributed by atoms with Crippen LogP contribution in [-0.2, 0) is 20.5 Å². The van der Waals surface area contributed by atoms with Crippen molar-refractivity contribution in [2.24, 2.45) is 0 Å². The number of sulfonamides is 1. The normalized spacial score (nSPS) is 20.8. The molecule has 0 spiro atoms. The smallest absolute Gasteiger partial charge is 0.335 e. The summed E-state index contributed by atoms with van der Waals surface area (Å²) in [7, 11) is -3.41. The summed E-state index contributed by atoms with van der Waals surface area (Å²) < 4.78 is 31.4. The standard InChI is InChI=1S/C13H17NO5S/c1-10-8-19-7-6-14(10)20(17,18)9-11-2-4-12(5-3-11)13(15)16/h2-5,10H,6-9H2,1H3,(H,15,16)/t10-/m1/s1. The number of morpholine rings is 1. The summed E-state index contributed by atoms with van der Waals surface area (Å²) in [6.07, 6.45) is 0. The Labute approximate surface area is 118 Å². The highest BCUT2D eigenvalue weighted by molar-refractivity contribution is 7.88. The minimum atomic E-state index is -3.41. The van der Waals surface area contributed by atoms with Gasteiger partial charge < -0.3 is 9.84 Å². The topological polar surface area (TPSA) is 83.9 Å². The Morgan fingerprint density at radius 2 is 2.05 bits per heavy atom. The molecule has 6 nitrogen and oxygen atoms in total. The van der Waals surface area contributed by atoms with Crippen LogP contribution in [0.3, 0.4) is 0 Å². The molecule has 0 aliphatic carbocycles. The second kappa shape index (κ2) is 5.90. The first-order chi connectivity index (χ1) is 9.40. The van der Waals surface area contributed by atoms with E-state index in [1.807, 2.05) is 6.92 Å². The van der Waals surface area contributed by atoms with Gasteiger partial charge in [-0.05, 0) is 24.6 Å². The molecule has 0 radical (unpaired) electrons. The summed E-state index contributed by atoms with van der Waals surface area (Å²) in [5.41, 5.74) is 0.722. The van der Waals surface area contributed by atoms with Gasteiger partial charge in [0.2, 0.25) is 10.0 Å². The van der Waals surface area contributed by atoms with Crippen molar-refractivity contribution in [3.05, 3.63) is 35.4 Å². The molecule has 1 atom stereocenters. The Balaban J connectivity index is 2.13. The van der Waals surface area contributed by atoms with Gasteiger partial charge in [-0.1, -0.05) is 12.1 Å². The fraction of sp³-hybridized carbons (Fsp3) is 0.462. The molecule has 1 heterocycles. The summed E-state index contributed by atoms with van der Waals surface area (Å²) >= 11 is 0. The van der Waals surface area contributed by atoms with Gasteiger partial charge in [-0.25, -0.2) is 13.2 Å². The van der Waals surface area contributed by atoms with E-state index in [0.29, 0.717) is 25.3 Å². The van der Waals surface area contributed by atoms with Crippen molar-refractivity contribution in [1.29, 1.82) is 0 Å². The van der Waals surface area contributed by atoms with Gasteiger partial charge in [-0.3, -0.25) is 0 Å². The third kappa shape index (κ3) is 3.36. The summed E-state index contributed by atoms with van der Waals surface area (Å²) in [6.45, 7) is 2.97. The van der Waals surface area contributed by atoms with Crippen molar-refractivity contribution in [3.8, 4) is 0 Å². The Morgan fingerprint density at radius 1 is 1.40 bits per heavy atom. The maximum absolute atomic E-state index is 12.3. The fourth-order valence-corrected chi connectivity index (χ4v) is 3.90. The van der Waals surface area contributed by atoms with Crippen molar-refractivity contribution in [3.63, 3.8) is 0 Å². The average Bonchev–Trinajstić information content (AvgIpc) is 2.39. The quantitative estimate of drug-likeness (QED) is 0.894. The molecule has 7 heteroatoms. The minimum Gasteiger partial charge on any atom is -0.478 e. The van der Waals surface area contributed by atoms with Crippen molar-refractivity contribution in [2.45, 2.75) is 18.7 Å². The molecule has 1 fully saturated rings. The van der Waals surface area contributed by atoms with Gasteiger partial charge in [-0.15, -0.1) is 0 Å². The van der Waals surface area contributed by atoms with Gasteiger partial charge in [-0.2, -0.15) is 4.31 Å². The Kier molecular flexibility index (Phi) is 4.42. The molecule has 20 heavy (non-hydrogen) atoms. The highest BCUT2D eigenvalue weighted by atomic mass is 32.2. The molecule has 0 saturated carbocycles. The van der Waals surface area contributed by atoms with Crippen LogP contribution in [0.25, 0.3) is 0 Å². The number of hydrogen-bond donors (Lipinski definition) is 1. The highest BCUT2D eigenvalue weighted by Gasteiger charge is 2.30. The number of nitrogens with zero attached hydrogens (tertiary/aromatic N) is 1. The zero-order valence-electron chi connectivity index (χ0n) is 11.2. The van der Waals surface area contributed by atoms with Gasteiger partial charge in [0.25, 0.3) is 0 Å². The van der Waals surface area contributed by atoms with Crippen molar-refractivity contribution in [1.82, 2.24) is 4.31 Å². The van der Waals surface area contributed by atoms with Gasteiger partial charge in [0.15, 0.2) is 0 Å². The van der Waals surface area contributed by atoms with Crippen LogP contribution in [0.2, 0.25) is 0 Å². The van der Waals surface area contributed by atoms with E-state index >= 15 is 0 Å².